The molecule has 0 unspecified atom stereocenters. The van der Waals surface area contributed by atoms with Crippen molar-refractivity contribution in [3.05, 3.63) is 64.9 Å². The third-order valence-corrected chi connectivity index (χ3v) is 2.81. The highest BCUT2D eigenvalue weighted by Crippen LogP contribution is 2.09. The van der Waals surface area contributed by atoms with Crippen LogP contribution in [-0.2, 0) is 13.0 Å². The molecule has 0 aliphatic carbocycles. The molecule has 2 rings (SSSR count). The lowest BCUT2D eigenvalue weighted by Gasteiger charge is -2.04. The maximum absolute atomic E-state index is 5.83. The summed E-state index contributed by atoms with van der Waals surface area (Å²) in [4.78, 5) is 4.08. The summed E-state index contributed by atoms with van der Waals surface area (Å²) in [5.74, 6) is 0. The van der Waals surface area contributed by atoms with Gasteiger partial charge in [0.05, 0.1) is 0 Å². The number of pyridine rings is 1. The lowest BCUT2D eigenvalue weighted by atomic mass is 10.1. The van der Waals surface area contributed by atoms with E-state index in [9.17, 15) is 0 Å². The molecule has 0 bridgehead atoms. The van der Waals surface area contributed by atoms with Crippen molar-refractivity contribution >= 4 is 11.6 Å². The minimum Gasteiger partial charge on any atom is -0.312 e. The second-order valence-corrected chi connectivity index (χ2v) is 4.35. The molecule has 17 heavy (non-hydrogen) atoms. The highest BCUT2D eigenvalue weighted by molar-refractivity contribution is 6.30. The molecule has 0 radical (unpaired) electrons. The minimum absolute atomic E-state index is 0.789. The normalized spacial score (nSPS) is 10.4. The third kappa shape index (κ3) is 4.17. The molecule has 0 spiro atoms. The van der Waals surface area contributed by atoms with Gasteiger partial charge < -0.3 is 5.32 Å². The van der Waals surface area contributed by atoms with Gasteiger partial charge in [-0.25, -0.2) is 0 Å². The summed E-state index contributed by atoms with van der Waals surface area (Å²) in [6.07, 6.45) is 4.68. The summed E-state index contributed by atoms with van der Waals surface area (Å²) < 4.78 is 0. The third-order valence-electron chi connectivity index (χ3n) is 2.56. The van der Waals surface area contributed by atoms with Crippen LogP contribution in [0.25, 0.3) is 0 Å². The summed E-state index contributed by atoms with van der Waals surface area (Å²) in [5.41, 5.74) is 2.51. The molecular weight excluding hydrogens is 232 g/mol. The summed E-state index contributed by atoms with van der Waals surface area (Å²) in [5, 5.41) is 4.18. The number of nitrogens with one attached hydrogen (secondary N) is 1. The number of aromatic nitrogens is 1. The van der Waals surface area contributed by atoms with Gasteiger partial charge in [0.1, 0.15) is 0 Å². The van der Waals surface area contributed by atoms with Gasteiger partial charge in [0.2, 0.25) is 0 Å². The second kappa shape index (κ2) is 6.38. The quantitative estimate of drug-likeness (QED) is 0.821. The first kappa shape index (κ1) is 12.1. The van der Waals surface area contributed by atoms with Crippen LogP contribution in [0.2, 0.25) is 5.02 Å². The topological polar surface area (TPSA) is 24.9 Å². The zero-order valence-electron chi connectivity index (χ0n) is 9.57. The molecule has 3 heteroatoms. The van der Waals surface area contributed by atoms with E-state index in [1.165, 1.54) is 11.1 Å². The number of benzene rings is 1. The second-order valence-electron chi connectivity index (χ2n) is 3.91. The Balaban J connectivity index is 1.71. The number of hydrogen-bond donors (Lipinski definition) is 1. The van der Waals surface area contributed by atoms with Crippen molar-refractivity contribution in [2.45, 2.75) is 13.0 Å². The first-order valence-electron chi connectivity index (χ1n) is 5.68. The fourth-order valence-electron chi connectivity index (χ4n) is 1.62. The molecule has 1 aromatic carbocycles. The number of hydrogen-bond acceptors (Lipinski definition) is 2. The van der Waals surface area contributed by atoms with Gasteiger partial charge in [-0.2, -0.15) is 0 Å². The number of rotatable bonds is 5. The van der Waals surface area contributed by atoms with Gasteiger partial charge in [-0.15, -0.1) is 0 Å². The average molecular weight is 247 g/mol. The first-order chi connectivity index (χ1) is 8.34. The Bertz CT molecular complexity index is 440. The van der Waals surface area contributed by atoms with E-state index in [0.717, 1.165) is 24.5 Å². The van der Waals surface area contributed by atoms with Crippen molar-refractivity contribution in [1.82, 2.24) is 10.3 Å². The molecule has 0 amide bonds. The van der Waals surface area contributed by atoms with E-state index in [0.29, 0.717) is 0 Å². The van der Waals surface area contributed by atoms with Crippen molar-refractivity contribution in [3.8, 4) is 0 Å². The number of nitrogens with zero attached hydrogens (tertiary/aromatic N) is 1. The maximum Gasteiger partial charge on any atom is 0.0406 e. The van der Waals surface area contributed by atoms with Crippen molar-refractivity contribution in [1.29, 1.82) is 0 Å². The van der Waals surface area contributed by atoms with Crippen LogP contribution in [0, 0.1) is 0 Å². The Morgan fingerprint density at radius 3 is 2.59 bits per heavy atom. The van der Waals surface area contributed by atoms with Crippen molar-refractivity contribution in [2.24, 2.45) is 0 Å². The van der Waals surface area contributed by atoms with Crippen molar-refractivity contribution in [2.75, 3.05) is 6.54 Å². The van der Waals surface area contributed by atoms with Gasteiger partial charge in [0, 0.05) is 24.0 Å². The van der Waals surface area contributed by atoms with Crippen LogP contribution in [0.4, 0.5) is 0 Å². The molecular formula is C14H15ClN2. The van der Waals surface area contributed by atoms with E-state index >= 15 is 0 Å². The zero-order valence-corrected chi connectivity index (χ0v) is 10.3. The van der Waals surface area contributed by atoms with E-state index in [1.54, 1.807) is 6.20 Å². The molecule has 1 N–H and O–H groups in total. The van der Waals surface area contributed by atoms with E-state index in [1.807, 2.05) is 24.4 Å². The Morgan fingerprint density at radius 2 is 1.88 bits per heavy atom. The van der Waals surface area contributed by atoms with E-state index in [-0.39, 0.29) is 0 Å². The molecule has 1 heterocycles. The van der Waals surface area contributed by atoms with Crippen molar-refractivity contribution in [3.63, 3.8) is 0 Å². The molecule has 1 aromatic heterocycles. The maximum atomic E-state index is 5.83. The van der Waals surface area contributed by atoms with E-state index in [4.69, 9.17) is 11.6 Å². The Kier molecular flexibility index (Phi) is 4.54. The monoisotopic (exact) mass is 246 g/mol. The Hall–Kier alpha value is -1.38. The van der Waals surface area contributed by atoms with Gasteiger partial charge in [-0.1, -0.05) is 29.8 Å². The van der Waals surface area contributed by atoms with Crippen LogP contribution in [0.15, 0.2) is 48.8 Å². The van der Waals surface area contributed by atoms with Crippen LogP contribution >= 0.6 is 11.6 Å². The summed E-state index contributed by atoms with van der Waals surface area (Å²) in [7, 11) is 0. The largest absolute Gasteiger partial charge is 0.312 e. The van der Waals surface area contributed by atoms with E-state index in [2.05, 4.69) is 28.5 Å². The minimum atomic E-state index is 0.789. The van der Waals surface area contributed by atoms with Crippen LogP contribution in [0.3, 0.4) is 0 Å². The molecule has 2 aromatic rings. The summed E-state index contributed by atoms with van der Waals surface area (Å²) >= 11 is 5.83. The molecule has 88 valence electrons. The average Bonchev–Trinajstić information content (AvgIpc) is 2.38. The zero-order chi connectivity index (χ0) is 11.9. The smallest absolute Gasteiger partial charge is 0.0406 e. The van der Waals surface area contributed by atoms with Gasteiger partial charge in [-0.05, 0) is 42.3 Å². The molecule has 0 fully saturated rings. The van der Waals surface area contributed by atoms with Crippen LogP contribution in [-0.4, -0.2) is 11.5 Å². The predicted molar refractivity (Wildman–Crippen MR) is 71.1 cm³/mol. The molecule has 0 saturated heterocycles. The van der Waals surface area contributed by atoms with Crippen LogP contribution in [0.5, 0.6) is 0 Å². The highest BCUT2D eigenvalue weighted by atomic mass is 35.5. The van der Waals surface area contributed by atoms with Gasteiger partial charge in [0.25, 0.3) is 0 Å². The molecule has 0 saturated carbocycles. The van der Waals surface area contributed by atoms with E-state index < -0.39 is 0 Å². The molecule has 0 aliphatic rings. The van der Waals surface area contributed by atoms with Gasteiger partial charge in [0.15, 0.2) is 0 Å². The first-order valence-corrected chi connectivity index (χ1v) is 6.06. The van der Waals surface area contributed by atoms with Crippen LogP contribution in [0.1, 0.15) is 11.1 Å². The Labute approximate surface area is 107 Å². The van der Waals surface area contributed by atoms with Gasteiger partial charge in [-0.3, -0.25) is 4.98 Å². The predicted octanol–water partition coefficient (Wildman–Crippen LogP) is 3.07. The molecule has 0 aliphatic heterocycles. The lowest BCUT2D eigenvalue weighted by Crippen LogP contribution is -2.16. The number of halogens is 1. The molecule has 2 nitrogen and oxygen atoms in total. The summed E-state index contributed by atoms with van der Waals surface area (Å²) in [6.45, 7) is 1.82. The summed E-state index contributed by atoms with van der Waals surface area (Å²) in [6, 6.07) is 12.0. The van der Waals surface area contributed by atoms with Crippen molar-refractivity contribution < 1.29 is 0 Å². The SMILES string of the molecule is Clc1ccc(CCNCc2cccnc2)cc1. The highest BCUT2D eigenvalue weighted by Gasteiger charge is 1.94. The van der Waals surface area contributed by atoms with Crippen LogP contribution < -0.4 is 5.32 Å². The molecule has 0 atom stereocenters. The standard InChI is InChI=1S/C14H15ClN2/c15-14-5-3-12(4-6-14)7-9-17-11-13-2-1-8-16-10-13/h1-6,8,10,17H,7,9,11H2. The Morgan fingerprint density at radius 1 is 1.06 bits per heavy atom. The fourth-order valence-corrected chi connectivity index (χ4v) is 1.75. The van der Waals surface area contributed by atoms with Gasteiger partial charge >= 0.3 is 0 Å². The lowest BCUT2D eigenvalue weighted by molar-refractivity contribution is 0.685. The fraction of sp³-hybridized carbons (Fsp3) is 0.214.